The fourth-order valence-corrected chi connectivity index (χ4v) is 2.61. The molecule has 0 aliphatic heterocycles. The van der Waals surface area contributed by atoms with Crippen LogP contribution in [0.25, 0.3) is 5.69 Å². The number of benzene rings is 1. The molecular formula is C19H17ClN4O3. The van der Waals surface area contributed by atoms with Crippen molar-refractivity contribution in [1.82, 2.24) is 20.1 Å². The molecule has 0 aliphatic rings. The van der Waals surface area contributed by atoms with Gasteiger partial charge in [-0.15, -0.1) is 0 Å². The number of hydrogen-bond acceptors (Lipinski definition) is 5. The van der Waals surface area contributed by atoms with Gasteiger partial charge < -0.3 is 10.1 Å². The van der Waals surface area contributed by atoms with Crippen LogP contribution in [0.5, 0.6) is 5.88 Å². The number of hydrogen-bond donors (Lipinski definition) is 1. The van der Waals surface area contributed by atoms with Crippen LogP contribution in [0.3, 0.4) is 0 Å². The number of carbonyl (C=O) groups is 1. The molecule has 0 saturated heterocycles. The smallest absolute Gasteiger partial charge is 0.276 e. The molecule has 2 aromatic heterocycles. The highest BCUT2D eigenvalue weighted by molar-refractivity contribution is 6.30. The molecular weight excluding hydrogens is 368 g/mol. The Bertz CT molecular complexity index is 1030. The number of aromatic nitrogens is 3. The Morgan fingerprint density at radius 1 is 1.22 bits per heavy atom. The standard InChI is InChI=1S/C19H17ClN4O3/c1-12-9-16(25)18(23-24(12)15-5-3-14(20)4-6-15)19(26)22-11-13-7-8-21-17(10-13)27-2/h3-10H,11H2,1-2H3,(H,22,26). The first kappa shape index (κ1) is 18.6. The van der Waals surface area contributed by atoms with E-state index in [2.05, 4.69) is 15.4 Å². The zero-order valence-electron chi connectivity index (χ0n) is 14.8. The first-order chi connectivity index (χ1) is 13.0. The van der Waals surface area contributed by atoms with E-state index in [-0.39, 0.29) is 12.2 Å². The van der Waals surface area contributed by atoms with Crippen molar-refractivity contribution >= 4 is 17.5 Å². The summed E-state index contributed by atoms with van der Waals surface area (Å²) in [6, 6.07) is 11.8. The highest BCUT2D eigenvalue weighted by Gasteiger charge is 2.15. The molecule has 0 unspecified atom stereocenters. The molecule has 0 fully saturated rings. The van der Waals surface area contributed by atoms with Gasteiger partial charge in [-0.3, -0.25) is 9.59 Å². The Morgan fingerprint density at radius 2 is 1.96 bits per heavy atom. The molecule has 0 saturated carbocycles. The number of nitrogens with zero attached hydrogens (tertiary/aromatic N) is 3. The van der Waals surface area contributed by atoms with Crippen LogP contribution in [0.2, 0.25) is 5.02 Å². The van der Waals surface area contributed by atoms with E-state index in [9.17, 15) is 9.59 Å². The summed E-state index contributed by atoms with van der Waals surface area (Å²) in [6.45, 7) is 1.96. The fraction of sp³-hybridized carbons (Fsp3) is 0.158. The normalized spacial score (nSPS) is 10.5. The molecule has 2 heterocycles. The molecule has 0 radical (unpaired) electrons. The van der Waals surface area contributed by atoms with Crippen molar-refractivity contribution in [3.05, 3.63) is 80.9 Å². The summed E-state index contributed by atoms with van der Waals surface area (Å²) in [5.41, 5.74) is 1.47. The lowest BCUT2D eigenvalue weighted by atomic mass is 10.2. The third-order valence-electron chi connectivity index (χ3n) is 3.86. The van der Waals surface area contributed by atoms with Crippen LogP contribution in [-0.2, 0) is 6.54 Å². The maximum Gasteiger partial charge on any atom is 0.276 e. The maximum absolute atomic E-state index is 12.5. The van der Waals surface area contributed by atoms with Crippen molar-refractivity contribution in [2.24, 2.45) is 0 Å². The SMILES string of the molecule is COc1cc(CNC(=O)c2nn(-c3ccc(Cl)cc3)c(C)cc2=O)ccn1. The molecule has 0 aliphatic carbocycles. The number of ether oxygens (including phenoxy) is 1. The lowest BCUT2D eigenvalue weighted by Gasteiger charge is -2.11. The van der Waals surface area contributed by atoms with E-state index in [1.54, 1.807) is 49.5 Å². The van der Waals surface area contributed by atoms with E-state index < -0.39 is 11.3 Å². The first-order valence-corrected chi connectivity index (χ1v) is 8.50. The molecule has 0 atom stereocenters. The number of nitrogens with one attached hydrogen (secondary N) is 1. The van der Waals surface area contributed by atoms with Gasteiger partial charge in [0.15, 0.2) is 5.69 Å². The van der Waals surface area contributed by atoms with Gasteiger partial charge in [-0.05, 0) is 42.8 Å². The van der Waals surface area contributed by atoms with Crippen molar-refractivity contribution in [3.8, 4) is 11.6 Å². The van der Waals surface area contributed by atoms with Crippen molar-refractivity contribution in [1.29, 1.82) is 0 Å². The van der Waals surface area contributed by atoms with E-state index in [0.717, 1.165) is 5.56 Å². The number of amides is 1. The molecule has 1 aromatic carbocycles. The third kappa shape index (κ3) is 4.32. The van der Waals surface area contributed by atoms with E-state index in [4.69, 9.17) is 16.3 Å². The average molecular weight is 385 g/mol. The summed E-state index contributed by atoms with van der Waals surface area (Å²) in [6.07, 6.45) is 1.58. The van der Waals surface area contributed by atoms with Gasteiger partial charge in [-0.1, -0.05) is 11.6 Å². The molecule has 27 heavy (non-hydrogen) atoms. The monoisotopic (exact) mass is 384 g/mol. The van der Waals surface area contributed by atoms with Gasteiger partial charge in [-0.2, -0.15) is 5.10 Å². The van der Waals surface area contributed by atoms with Crippen molar-refractivity contribution in [2.75, 3.05) is 7.11 Å². The largest absolute Gasteiger partial charge is 0.481 e. The van der Waals surface area contributed by atoms with E-state index in [1.165, 1.54) is 17.9 Å². The van der Waals surface area contributed by atoms with Crippen molar-refractivity contribution in [2.45, 2.75) is 13.5 Å². The van der Waals surface area contributed by atoms with Crippen molar-refractivity contribution in [3.63, 3.8) is 0 Å². The highest BCUT2D eigenvalue weighted by atomic mass is 35.5. The molecule has 3 aromatic rings. The minimum absolute atomic E-state index is 0.184. The van der Waals surface area contributed by atoms with E-state index in [0.29, 0.717) is 22.3 Å². The first-order valence-electron chi connectivity index (χ1n) is 8.12. The Hall–Kier alpha value is -3.19. The van der Waals surface area contributed by atoms with Gasteiger partial charge in [-0.25, -0.2) is 9.67 Å². The number of rotatable bonds is 5. The zero-order chi connectivity index (χ0) is 19.4. The van der Waals surface area contributed by atoms with Crippen LogP contribution in [0.1, 0.15) is 21.7 Å². The zero-order valence-corrected chi connectivity index (χ0v) is 15.5. The minimum Gasteiger partial charge on any atom is -0.481 e. The molecule has 3 rings (SSSR count). The van der Waals surface area contributed by atoms with Gasteiger partial charge in [0, 0.05) is 35.6 Å². The Labute approximate surface area is 160 Å². The van der Waals surface area contributed by atoms with Gasteiger partial charge in [0.2, 0.25) is 11.3 Å². The summed E-state index contributed by atoms with van der Waals surface area (Å²) in [5.74, 6) is -0.112. The Balaban J connectivity index is 1.84. The molecule has 1 amide bonds. The summed E-state index contributed by atoms with van der Waals surface area (Å²) < 4.78 is 6.58. The van der Waals surface area contributed by atoms with Crippen LogP contribution in [0.15, 0.2) is 53.5 Å². The summed E-state index contributed by atoms with van der Waals surface area (Å²) in [7, 11) is 1.51. The van der Waals surface area contributed by atoms with Crippen LogP contribution in [-0.4, -0.2) is 27.8 Å². The van der Waals surface area contributed by atoms with E-state index in [1.807, 2.05) is 0 Å². The molecule has 138 valence electrons. The maximum atomic E-state index is 12.5. The Morgan fingerprint density at radius 3 is 2.67 bits per heavy atom. The summed E-state index contributed by atoms with van der Waals surface area (Å²) in [5, 5.41) is 7.51. The molecule has 0 bridgehead atoms. The topological polar surface area (TPSA) is 86.1 Å². The molecule has 1 N–H and O–H groups in total. The second-order valence-corrected chi connectivity index (χ2v) is 6.21. The third-order valence-corrected chi connectivity index (χ3v) is 4.11. The highest BCUT2D eigenvalue weighted by Crippen LogP contribution is 2.14. The molecule has 7 nitrogen and oxygen atoms in total. The fourth-order valence-electron chi connectivity index (χ4n) is 2.49. The van der Waals surface area contributed by atoms with Crippen LogP contribution in [0, 0.1) is 6.92 Å². The average Bonchev–Trinajstić information content (AvgIpc) is 2.67. The lowest BCUT2D eigenvalue weighted by molar-refractivity contribution is 0.0943. The summed E-state index contributed by atoms with van der Waals surface area (Å²) in [4.78, 5) is 28.7. The number of pyridine rings is 1. The predicted octanol–water partition coefficient (Wildman–Crippen LogP) is 2.53. The number of methoxy groups -OCH3 is 1. The Kier molecular flexibility index (Phi) is 5.52. The lowest BCUT2D eigenvalue weighted by Crippen LogP contribution is -2.31. The molecule has 8 heteroatoms. The number of halogens is 1. The summed E-state index contributed by atoms with van der Waals surface area (Å²) >= 11 is 5.91. The van der Waals surface area contributed by atoms with Crippen LogP contribution >= 0.6 is 11.6 Å². The van der Waals surface area contributed by atoms with Gasteiger partial charge >= 0.3 is 0 Å². The minimum atomic E-state index is -0.557. The van der Waals surface area contributed by atoms with Gasteiger partial charge in [0.1, 0.15) is 0 Å². The van der Waals surface area contributed by atoms with Crippen LogP contribution in [0.4, 0.5) is 0 Å². The number of aryl methyl sites for hydroxylation is 1. The van der Waals surface area contributed by atoms with E-state index >= 15 is 0 Å². The van der Waals surface area contributed by atoms with Crippen molar-refractivity contribution < 1.29 is 9.53 Å². The predicted molar refractivity (Wildman–Crippen MR) is 102 cm³/mol. The number of carbonyl (C=O) groups excluding carboxylic acids is 1. The second kappa shape index (κ2) is 8.01. The second-order valence-electron chi connectivity index (χ2n) is 5.78. The quantitative estimate of drug-likeness (QED) is 0.730. The molecule has 0 spiro atoms. The van der Waals surface area contributed by atoms with Gasteiger partial charge in [0.05, 0.1) is 12.8 Å². The van der Waals surface area contributed by atoms with Gasteiger partial charge in [0.25, 0.3) is 5.91 Å². The van der Waals surface area contributed by atoms with Crippen LogP contribution < -0.4 is 15.5 Å².